The van der Waals surface area contributed by atoms with Crippen LogP contribution in [0.3, 0.4) is 0 Å². The molecule has 0 saturated heterocycles. The lowest BCUT2D eigenvalue weighted by Gasteiger charge is -2.07. The fraction of sp³-hybridized carbons (Fsp3) is 0.238. The van der Waals surface area contributed by atoms with Crippen molar-refractivity contribution in [1.29, 1.82) is 0 Å². The van der Waals surface area contributed by atoms with E-state index in [0.717, 1.165) is 25.1 Å². The number of aryl methyl sites for hydroxylation is 2. The van der Waals surface area contributed by atoms with E-state index in [4.69, 9.17) is 11.6 Å². The molecular weight excluding hydrogens is 452 g/mol. The van der Waals surface area contributed by atoms with Gasteiger partial charge in [0.1, 0.15) is 5.15 Å². The highest BCUT2D eigenvalue weighted by molar-refractivity contribution is 7.92. The van der Waals surface area contributed by atoms with Gasteiger partial charge in [-0.1, -0.05) is 24.9 Å². The topological polar surface area (TPSA) is 119 Å². The summed E-state index contributed by atoms with van der Waals surface area (Å²) in [6.45, 7) is 4.64. The Morgan fingerprint density at radius 3 is 2.53 bits per heavy atom. The van der Waals surface area contributed by atoms with Crippen molar-refractivity contribution in [3.63, 3.8) is 0 Å². The summed E-state index contributed by atoms with van der Waals surface area (Å²) in [6, 6.07) is 7.32. The van der Waals surface area contributed by atoms with Gasteiger partial charge in [0.05, 0.1) is 10.6 Å². The molecule has 9 nitrogen and oxygen atoms in total. The van der Waals surface area contributed by atoms with Crippen LogP contribution in [0.5, 0.6) is 0 Å². The van der Waals surface area contributed by atoms with Gasteiger partial charge in [-0.25, -0.2) is 23.1 Å². The molecule has 0 aliphatic carbocycles. The Morgan fingerprint density at radius 2 is 1.88 bits per heavy atom. The number of hydrogen-bond donors (Lipinski definition) is 2. The van der Waals surface area contributed by atoms with Crippen LogP contribution in [-0.4, -0.2) is 34.1 Å². The summed E-state index contributed by atoms with van der Waals surface area (Å²) < 4.78 is 28.8. The van der Waals surface area contributed by atoms with Gasteiger partial charge < -0.3 is 5.32 Å². The quantitative estimate of drug-likeness (QED) is 0.454. The van der Waals surface area contributed by atoms with E-state index >= 15 is 0 Å². The molecule has 1 aromatic carbocycles. The molecule has 2 heterocycles. The third-order valence-corrected chi connectivity index (χ3v) is 6.20. The van der Waals surface area contributed by atoms with Gasteiger partial charge in [0.25, 0.3) is 10.0 Å². The number of aromatic nitrogens is 4. The number of unbranched alkanes of at least 4 members (excludes halogenated alkanes) is 1. The summed E-state index contributed by atoms with van der Waals surface area (Å²) in [4.78, 5) is 20.0. The number of halogens is 1. The van der Waals surface area contributed by atoms with Crippen LogP contribution in [0.25, 0.3) is 6.08 Å². The molecule has 2 N–H and O–H groups in total. The first-order chi connectivity index (χ1) is 15.3. The molecule has 0 aliphatic heterocycles. The van der Waals surface area contributed by atoms with Crippen molar-refractivity contribution >= 4 is 45.2 Å². The molecule has 1 amide bonds. The SMILES string of the molecule is CCCCn1nc(C)c(/C=C/C(=O)Nc2ccc(S(=O)(=O)Nc3ncccn3)cc2)c1Cl. The molecule has 0 aliphatic rings. The smallest absolute Gasteiger partial charge is 0.264 e. The zero-order valence-corrected chi connectivity index (χ0v) is 19.2. The lowest BCUT2D eigenvalue weighted by molar-refractivity contribution is -0.111. The van der Waals surface area contributed by atoms with E-state index in [1.807, 2.05) is 6.92 Å². The highest BCUT2D eigenvalue weighted by Crippen LogP contribution is 2.22. The van der Waals surface area contributed by atoms with Crippen LogP contribution < -0.4 is 10.0 Å². The second kappa shape index (κ2) is 10.4. The largest absolute Gasteiger partial charge is 0.323 e. The molecule has 0 atom stereocenters. The first-order valence-corrected chi connectivity index (χ1v) is 11.8. The molecule has 0 unspecified atom stereocenters. The molecule has 0 fully saturated rings. The van der Waals surface area contributed by atoms with Crippen molar-refractivity contribution in [2.75, 3.05) is 10.0 Å². The number of carbonyl (C=O) groups excluding carboxylic acids is 1. The zero-order chi connectivity index (χ0) is 23.1. The van der Waals surface area contributed by atoms with E-state index in [1.54, 1.807) is 16.8 Å². The summed E-state index contributed by atoms with van der Waals surface area (Å²) in [6.07, 6.45) is 7.83. The van der Waals surface area contributed by atoms with E-state index < -0.39 is 10.0 Å². The van der Waals surface area contributed by atoms with Gasteiger partial charge in [0, 0.05) is 36.3 Å². The normalized spacial score (nSPS) is 11.6. The molecule has 32 heavy (non-hydrogen) atoms. The van der Waals surface area contributed by atoms with Crippen molar-refractivity contribution in [2.45, 2.75) is 38.1 Å². The number of hydrogen-bond acceptors (Lipinski definition) is 6. The van der Waals surface area contributed by atoms with Crippen molar-refractivity contribution in [1.82, 2.24) is 19.7 Å². The monoisotopic (exact) mass is 474 g/mol. The Balaban J connectivity index is 1.64. The van der Waals surface area contributed by atoms with Crippen LogP contribution in [0.15, 0.2) is 53.7 Å². The first kappa shape index (κ1) is 23.4. The van der Waals surface area contributed by atoms with Crippen LogP contribution >= 0.6 is 11.6 Å². The Labute approximate surface area is 191 Å². The lowest BCUT2D eigenvalue weighted by Crippen LogP contribution is -2.15. The third-order valence-electron chi connectivity index (χ3n) is 4.46. The van der Waals surface area contributed by atoms with Crippen LogP contribution in [0.2, 0.25) is 5.15 Å². The Kier molecular flexibility index (Phi) is 7.60. The average Bonchev–Trinajstić information content (AvgIpc) is 3.04. The molecule has 11 heteroatoms. The molecular formula is C21H23ClN6O3S. The van der Waals surface area contributed by atoms with Crippen LogP contribution in [0, 0.1) is 6.92 Å². The molecule has 0 bridgehead atoms. The third kappa shape index (κ3) is 5.92. The highest BCUT2D eigenvalue weighted by atomic mass is 35.5. The van der Waals surface area contributed by atoms with Crippen LogP contribution in [0.4, 0.5) is 11.6 Å². The fourth-order valence-electron chi connectivity index (χ4n) is 2.80. The summed E-state index contributed by atoms with van der Waals surface area (Å²) in [5.41, 5.74) is 1.86. The number of benzene rings is 1. The molecule has 168 valence electrons. The number of rotatable bonds is 9. The van der Waals surface area contributed by atoms with Crippen LogP contribution in [-0.2, 0) is 21.4 Å². The maximum absolute atomic E-state index is 12.4. The van der Waals surface area contributed by atoms with Gasteiger partial charge in [-0.2, -0.15) is 5.10 Å². The van der Waals surface area contributed by atoms with E-state index in [-0.39, 0.29) is 16.8 Å². The maximum atomic E-state index is 12.4. The van der Waals surface area contributed by atoms with Crippen molar-refractivity contribution in [3.05, 3.63) is 65.2 Å². The number of nitrogens with one attached hydrogen (secondary N) is 2. The van der Waals surface area contributed by atoms with Crippen molar-refractivity contribution in [3.8, 4) is 0 Å². The van der Waals surface area contributed by atoms with Gasteiger partial charge in [0.2, 0.25) is 11.9 Å². The van der Waals surface area contributed by atoms with Crippen LogP contribution in [0.1, 0.15) is 31.0 Å². The molecule has 3 rings (SSSR count). The van der Waals surface area contributed by atoms with E-state index in [1.165, 1.54) is 42.7 Å². The summed E-state index contributed by atoms with van der Waals surface area (Å²) >= 11 is 6.37. The Bertz CT molecular complexity index is 1210. The van der Waals surface area contributed by atoms with Crippen molar-refractivity contribution in [2.24, 2.45) is 0 Å². The predicted molar refractivity (Wildman–Crippen MR) is 124 cm³/mol. The van der Waals surface area contributed by atoms with E-state index in [0.29, 0.717) is 16.4 Å². The molecule has 3 aromatic rings. The fourth-order valence-corrected chi connectivity index (χ4v) is 4.08. The molecule has 0 spiro atoms. The van der Waals surface area contributed by atoms with Crippen molar-refractivity contribution < 1.29 is 13.2 Å². The zero-order valence-electron chi connectivity index (χ0n) is 17.6. The lowest BCUT2D eigenvalue weighted by atomic mass is 10.2. The minimum absolute atomic E-state index is 0.0143. The second-order valence-corrected chi connectivity index (χ2v) is 8.93. The van der Waals surface area contributed by atoms with Gasteiger partial charge >= 0.3 is 0 Å². The van der Waals surface area contributed by atoms with Gasteiger partial charge in [-0.3, -0.25) is 9.48 Å². The minimum Gasteiger partial charge on any atom is -0.323 e. The first-order valence-electron chi connectivity index (χ1n) is 9.92. The maximum Gasteiger partial charge on any atom is 0.264 e. The summed E-state index contributed by atoms with van der Waals surface area (Å²) in [5.74, 6) is -0.407. The number of sulfonamides is 1. The minimum atomic E-state index is -3.84. The predicted octanol–water partition coefficient (Wildman–Crippen LogP) is 3.89. The standard InChI is InChI=1S/C21H23ClN6O3S/c1-3-4-14-28-20(22)18(15(2)26-28)10-11-19(29)25-16-6-8-17(9-7-16)32(30,31)27-21-23-12-5-13-24-21/h5-13H,3-4,14H2,1-2H3,(H,25,29)(H,23,24,27)/b11-10+. The molecule has 0 radical (unpaired) electrons. The van der Waals surface area contributed by atoms with Gasteiger partial charge in [0.15, 0.2) is 0 Å². The van der Waals surface area contributed by atoms with E-state index in [9.17, 15) is 13.2 Å². The molecule has 2 aromatic heterocycles. The summed E-state index contributed by atoms with van der Waals surface area (Å²) in [7, 11) is -3.84. The van der Waals surface area contributed by atoms with E-state index in [2.05, 4.69) is 32.0 Å². The number of carbonyl (C=O) groups is 1. The average molecular weight is 475 g/mol. The number of nitrogens with zero attached hydrogens (tertiary/aromatic N) is 4. The van der Waals surface area contributed by atoms with Gasteiger partial charge in [-0.15, -0.1) is 0 Å². The summed E-state index contributed by atoms with van der Waals surface area (Å²) in [5, 5.41) is 7.58. The molecule has 0 saturated carbocycles. The Morgan fingerprint density at radius 1 is 1.19 bits per heavy atom. The highest BCUT2D eigenvalue weighted by Gasteiger charge is 2.15. The number of amides is 1. The number of anilines is 2. The second-order valence-electron chi connectivity index (χ2n) is 6.89. The van der Waals surface area contributed by atoms with Gasteiger partial charge in [-0.05, 0) is 49.8 Å². The Hall–Kier alpha value is -3.24.